The molecule has 1 heterocycles. The first-order valence-electron chi connectivity index (χ1n) is 10.7. The fraction of sp³-hybridized carbons (Fsp3) is 0.348. The van der Waals surface area contributed by atoms with Crippen molar-refractivity contribution in [1.82, 2.24) is 16.0 Å². The largest absolute Gasteiger partial charge is 0.337 e. The number of nitrogens with one attached hydrogen (secondary N) is 3. The average Bonchev–Trinajstić information content (AvgIpc) is 2.80. The van der Waals surface area contributed by atoms with Gasteiger partial charge in [-0.15, -0.1) is 0 Å². The van der Waals surface area contributed by atoms with Crippen molar-refractivity contribution >= 4 is 41.4 Å². The second-order valence-corrected chi connectivity index (χ2v) is 8.36. The molecule has 3 rings (SSSR count). The van der Waals surface area contributed by atoms with Crippen LogP contribution in [0.2, 0.25) is 10.0 Å². The fourth-order valence-electron chi connectivity index (χ4n) is 3.30. The van der Waals surface area contributed by atoms with Gasteiger partial charge in [0.05, 0.1) is 6.54 Å². The molecule has 0 saturated heterocycles. The first-order valence-corrected chi connectivity index (χ1v) is 11.5. The van der Waals surface area contributed by atoms with E-state index in [2.05, 4.69) is 25.9 Å². The zero-order valence-electron chi connectivity index (χ0n) is 18.1. The van der Waals surface area contributed by atoms with Crippen molar-refractivity contribution in [3.8, 4) is 0 Å². The van der Waals surface area contributed by atoms with Crippen molar-refractivity contribution in [2.75, 3.05) is 26.2 Å². The van der Waals surface area contributed by atoms with Crippen LogP contribution in [0.15, 0.2) is 46.4 Å². The van der Waals surface area contributed by atoms with Gasteiger partial charge in [-0.1, -0.05) is 41.4 Å². The van der Waals surface area contributed by atoms with Crippen LogP contribution in [0.25, 0.3) is 0 Å². The van der Waals surface area contributed by atoms with Crippen LogP contribution < -0.4 is 21.7 Å². The molecule has 2 amide bonds. The standard InChI is InChI=1S/C23H27Cl2FN6O/c24-19-3-1-4-20(25)18(19)7-10-29-23(33)32-22-30-13-17(14-31-22)15-5-6-16(21(26)11-15)12-28-9-2-8-27/h1,3-6,11,13,17,28H,2,7-10,12,14,27H2,(H2,29,31,32,33). The lowest BCUT2D eigenvalue weighted by Crippen LogP contribution is -2.40. The first kappa shape index (κ1) is 25.1. The number of rotatable bonds is 9. The van der Waals surface area contributed by atoms with Crippen LogP contribution in [-0.2, 0) is 13.0 Å². The maximum Gasteiger partial charge on any atom is 0.321 e. The van der Waals surface area contributed by atoms with Crippen LogP contribution in [0.5, 0.6) is 0 Å². The number of nitrogens with two attached hydrogens (primary N) is 1. The Kier molecular flexibility index (Phi) is 9.62. The predicted octanol–water partition coefficient (Wildman–Crippen LogP) is 3.64. The molecule has 0 aromatic heterocycles. The van der Waals surface area contributed by atoms with Crippen molar-refractivity contribution in [3.05, 3.63) is 69.0 Å². The van der Waals surface area contributed by atoms with Gasteiger partial charge >= 0.3 is 6.03 Å². The summed E-state index contributed by atoms with van der Waals surface area (Å²) >= 11 is 12.3. The number of benzene rings is 2. The molecule has 10 heteroatoms. The third-order valence-electron chi connectivity index (χ3n) is 5.14. The van der Waals surface area contributed by atoms with Gasteiger partial charge in [0.15, 0.2) is 0 Å². The third kappa shape index (κ3) is 7.50. The normalized spacial score (nSPS) is 15.3. The molecule has 5 N–H and O–H groups in total. The van der Waals surface area contributed by atoms with Crippen molar-refractivity contribution in [2.45, 2.75) is 25.3 Å². The molecule has 0 bridgehead atoms. The zero-order chi connectivity index (χ0) is 23.6. The fourth-order valence-corrected chi connectivity index (χ4v) is 3.89. The Hall–Kier alpha value is -2.52. The Morgan fingerprint density at radius 3 is 2.64 bits per heavy atom. The molecule has 1 unspecified atom stereocenters. The van der Waals surface area contributed by atoms with Crippen molar-refractivity contribution in [1.29, 1.82) is 0 Å². The number of carbonyl (C=O) groups is 1. The SMILES string of the molecule is NCCCNCc1ccc(C2C=NC(NC(=O)NCCc3c(Cl)cccc3Cl)=NC2)cc1F. The first-order chi connectivity index (χ1) is 16.0. The average molecular weight is 493 g/mol. The minimum absolute atomic E-state index is 0.158. The van der Waals surface area contributed by atoms with Crippen molar-refractivity contribution in [2.24, 2.45) is 15.7 Å². The topological polar surface area (TPSA) is 104 Å². The lowest BCUT2D eigenvalue weighted by Gasteiger charge is -2.17. The molecule has 0 saturated carbocycles. The number of halogens is 3. The number of urea groups is 1. The van der Waals surface area contributed by atoms with E-state index in [1.807, 2.05) is 6.07 Å². The Labute approximate surface area is 202 Å². The Balaban J connectivity index is 1.45. The van der Waals surface area contributed by atoms with Gasteiger partial charge in [-0.3, -0.25) is 5.32 Å². The quantitative estimate of drug-likeness (QED) is 0.401. The maximum absolute atomic E-state index is 14.4. The number of amides is 2. The van der Waals surface area contributed by atoms with Gasteiger partial charge in [0.25, 0.3) is 0 Å². The summed E-state index contributed by atoms with van der Waals surface area (Å²) in [5.74, 6) is -0.220. The highest BCUT2D eigenvalue weighted by atomic mass is 35.5. The number of carbonyl (C=O) groups excluding carboxylic acids is 1. The van der Waals surface area contributed by atoms with E-state index >= 15 is 0 Å². The number of nitrogens with zero attached hydrogens (tertiary/aromatic N) is 2. The Morgan fingerprint density at radius 1 is 1.18 bits per heavy atom. The highest BCUT2D eigenvalue weighted by Gasteiger charge is 2.16. The lowest BCUT2D eigenvalue weighted by molar-refractivity contribution is 0.245. The molecule has 1 atom stereocenters. The third-order valence-corrected chi connectivity index (χ3v) is 5.85. The second-order valence-electron chi connectivity index (χ2n) is 7.55. The maximum atomic E-state index is 14.4. The van der Waals surface area contributed by atoms with Gasteiger partial charge in [0.2, 0.25) is 5.96 Å². The molecule has 0 spiro atoms. The van der Waals surface area contributed by atoms with E-state index in [1.54, 1.807) is 30.5 Å². The van der Waals surface area contributed by atoms with Crippen molar-refractivity contribution < 1.29 is 9.18 Å². The summed E-state index contributed by atoms with van der Waals surface area (Å²) in [6.45, 7) is 2.52. The van der Waals surface area contributed by atoms with Gasteiger partial charge in [-0.05, 0) is 55.3 Å². The summed E-state index contributed by atoms with van der Waals surface area (Å²) in [5.41, 5.74) is 7.62. The van der Waals surface area contributed by atoms with Crippen LogP contribution in [-0.4, -0.2) is 44.4 Å². The molecular weight excluding hydrogens is 466 g/mol. The van der Waals surface area contributed by atoms with Crippen LogP contribution in [0, 0.1) is 5.82 Å². The summed E-state index contributed by atoms with van der Waals surface area (Å²) in [6, 6.07) is 10.0. The molecule has 0 fully saturated rings. The summed E-state index contributed by atoms with van der Waals surface area (Å²) in [4.78, 5) is 20.6. The monoisotopic (exact) mass is 492 g/mol. The van der Waals surface area contributed by atoms with E-state index in [0.717, 1.165) is 24.1 Å². The summed E-state index contributed by atoms with van der Waals surface area (Å²) in [5, 5.41) is 9.62. The molecule has 2 aromatic rings. The van der Waals surface area contributed by atoms with E-state index in [0.29, 0.717) is 48.2 Å². The lowest BCUT2D eigenvalue weighted by atomic mass is 9.98. The van der Waals surface area contributed by atoms with E-state index in [9.17, 15) is 9.18 Å². The number of guanidine groups is 1. The summed E-state index contributed by atoms with van der Waals surface area (Å²) in [7, 11) is 0. The molecular formula is C23H27Cl2FN6O. The number of aliphatic imine (C=N–C) groups is 2. The van der Waals surface area contributed by atoms with Crippen LogP contribution >= 0.6 is 23.2 Å². The number of hydrogen-bond donors (Lipinski definition) is 4. The van der Waals surface area contributed by atoms with Crippen LogP contribution in [0.1, 0.15) is 29.0 Å². The molecule has 2 aromatic carbocycles. The highest BCUT2D eigenvalue weighted by Crippen LogP contribution is 2.24. The summed E-state index contributed by atoms with van der Waals surface area (Å²) < 4.78 is 14.4. The molecule has 176 valence electrons. The van der Waals surface area contributed by atoms with E-state index < -0.39 is 6.03 Å². The van der Waals surface area contributed by atoms with Crippen LogP contribution in [0.4, 0.5) is 9.18 Å². The van der Waals surface area contributed by atoms with E-state index in [4.69, 9.17) is 28.9 Å². The van der Waals surface area contributed by atoms with Gasteiger partial charge in [0, 0.05) is 40.8 Å². The zero-order valence-corrected chi connectivity index (χ0v) is 19.6. The van der Waals surface area contributed by atoms with Crippen LogP contribution in [0.3, 0.4) is 0 Å². The summed E-state index contributed by atoms with van der Waals surface area (Å²) in [6.07, 6.45) is 3.01. The minimum atomic E-state index is -0.426. The Bertz CT molecular complexity index is 1010. The van der Waals surface area contributed by atoms with Gasteiger partial charge in [0.1, 0.15) is 5.82 Å². The Morgan fingerprint density at radius 2 is 1.97 bits per heavy atom. The van der Waals surface area contributed by atoms with Gasteiger partial charge in [-0.25, -0.2) is 19.2 Å². The van der Waals surface area contributed by atoms with Gasteiger partial charge < -0.3 is 16.4 Å². The van der Waals surface area contributed by atoms with Gasteiger partial charge in [-0.2, -0.15) is 0 Å². The van der Waals surface area contributed by atoms with E-state index in [-0.39, 0.29) is 17.7 Å². The highest BCUT2D eigenvalue weighted by molar-refractivity contribution is 6.36. The molecule has 33 heavy (non-hydrogen) atoms. The molecule has 0 radical (unpaired) electrons. The number of hydrogen-bond acceptors (Lipinski definition) is 5. The molecule has 7 nitrogen and oxygen atoms in total. The molecule has 1 aliphatic rings. The van der Waals surface area contributed by atoms with Crippen molar-refractivity contribution in [3.63, 3.8) is 0 Å². The smallest absolute Gasteiger partial charge is 0.321 e. The second kappa shape index (κ2) is 12.6. The minimum Gasteiger partial charge on any atom is -0.337 e. The molecule has 1 aliphatic heterocycles. The van der Waals surface area contributed by atoms with E-state index in [1.165, 1.54) is 6.07 Å². The predicted molar refractivity (Wildman–Crippen MR) is 132 cm³/mol. The molecule has 0 aliphatic carbocycles.